The number of benzene rings is 1. The van der Waals surface area contributed by atoms with E-state index in [-0.39, 0.29) is 30.5 Å². The summed E-state index contributed by atoms with van der Waals surface area (Å²) in [6, 6.07) is 5.25. The van der Waals surface area contributed by atoms with Crippen LogP contribution >= 0.6 is 0 Å². The molecule has 3 unspecified atom stereocenters. The van der Waals surface area contributed by atoms with Crippen molar-refractivity contribution in [1.82, 2.24) is 15.2 Å². The van der Waals surface area contributed by atoms with Gasteiger partial charge in [-0.1, -0.05) is 19.1 Å². The first-order valence-corrected chi connectivity index (χ1v) is 10.1. The molecule has 1 fully saturated rings. The van der Waals surface area contributed by atoms with Crippen molar-refractivity contribution in [3.8, 4) is 0 Å². The molecule has 0 radical (unpaired) electrons. The molecule has 4 atom stereocenters. The molecular formula is C21H26F3N3O2. The number of aromatic amines is 1. The van der Waals surface area contributed by atoms with Gasteiger partial charge >= 0.3 is 6.18 Å². The number of H-pyrrole nitrogens is 1. The summed E-state index contributed by atoms with van der Waals surface area (Å²) >= 11 is 0. The van der Waals surface area contributed by atoms with Crippen molar-refractivity contribution in [3.05, 3.63) is 35.0 Å². The van der Waals surface area contributed by atoms with Crippen molar-refractivity contribution in [2.24, 2.45) is 5.92 Å². The van der Waals surface area contributed by atoms with Gasteiger partial charge in [-0.15, -0.1) is 0 Å². The predicted octanol–water partition coefficient (Wildman–Crippen LogP) is 3.03. The number of hydrogen-bond acceptors (Lipinski definition) is 3. The second-order valence-electron chi connectivity index (χ2n) is 8.29. The molecule has 1 aliphatic heterocycles. The smallest absolute Gasteiger partial charge is 0.396 e. The molecular weight excluding hydrogens is 383 g/mol. The number of alkyl halides is 3. The summed E-state index contributed by atoms with van der Waals surface area (Å²) < 4.78 is 40.8. The summed E-state index contributed by atoms with van der Waals surface area (Å²) in [5, 5.41) is 13.1. The van der Waals surface area contributed by atoms with Crippen molar-refractivity contribution in [2.45, 2.75) is 50.4 Å². The largest absolute Gasteiger partial charge is 0.431 e. The molecule has 8 heteroatoms. The average molecular weight is 409 g/mol. The second kappa shape index (κ2) is 7.32. The van der Waals surface area contributed by atoms with E-state index in [0.717, 1.165) is 5.56 Å². The van der Waals surface area contributed by atoms with Crippen LogP contribution in [0.2, 0.25) is 0 Å². The molecule has 1 amide bonds. The topological polar surface area (TPSA) is 68.4 Å². The van der Waals surface area contributed by atoms with Crippen molar-refractivity contribution in [3.63, 3.8) is 0 Å². The highest BCUT2D eigenvalue weighted by Crippen LogP contribution is 2.47. The minimum absolute atomic E-state index is 0.0429. The van der Waals surface area contributed by atoms with Crippen molar-refractivity contribution in [1.29, 1.82) is 0 Å². The lowest BCUT2D eigenvalue weighted by molar-refractivity contribution is -0.141. The van der Waals surface area contributed by atoms with Crippen molar-refractivity contribution >= 4 is 16.8 Å². The lowest BCUT2D eigenvalue weighted by Gasteiger charge is -2.46. The normalized spacial score (nSPS) is 25.7. The third-order valence-electron chi connectivity index (χ3n) is 6.56. The Morgan fingerprint density at radius 1 is 1.41 bits per heavy atom. The molecule has 0 bridgehead atoms. The monoisotopic (exact) mass is 409 g/mol. The number of nitrogens with one attached hydrogen (secondary N) is 2. The van der Waals surface area contributed by atoms with Crippen LogP contribution in [-0.2, 0) is 17.4 Å². The van der Waals surface area contributed by atoms with Crippen LogP contribution in [0.15, 0.2) is 18.2 Å². The molecule has 1 aliphatic carbocycles. The maximum Gasteiger partial charge on any atom is 0.431 e. The number of amides is 1. The van der Waals surface area contributed by atoms with Crippen molar-refractivity contribution < 1.29 is 23.1 Å². The highest BCUT2D eigenvalue weighted by atomic mass is 19.4. The Morgan fingerprint density at radius 2 is 2.17 bits per heavy atom. The molecule has 2 aliphatic rings. The van der Waals surface area contributed by atoms with Crippen LogP contribution in [0, 0.1) is 5.92 Å². The van der Waals surface area contributed by atoms with E-state index in [1.54, 1.807) is 12.1 Å². The van der Waals surface area contributed by atoms with Gasteiger partial charge in [0.25, 0.3) is 0 Å². The molecule has 2 aromatic rings. The fraction of sp³-hybridized carbons (Fsp3) is 0.571. The van der Waals surface area contributed by atoms with E-state index >= 15 is 0 Å². The van der Waals surface area contributed by atoms with Gasteiger partial charge in [-0.05, 0) is 43.5 Å². The first-order chi connectivity index (χ1) is 13.7. The number of halogens is 3. The number of rotatable bonds is 4. The Balaban J connectivity index is 1.68. The van der Waals surface area contributed by atoms with Crippen LogP contribution in [0.5, 0.6) is 0 Å². The van der Waals surface area contributed by atoms with Gasteiger partial charge in [0, 0.05) is 35.4 Å². The van der Waals surface area contributed by atoms with Gasteiger partial charge < -0.3 is 20.3 Å². The lowest BCUT2D eigenvalue weighted by atomic mass is 9.73. The van der Waals surface area contributed by atoms with Crippen LogP contribution in [0.3, 0.4) is 0 Å². The fourth-order valence-corrected chi connectivity index (χ4v) is 5.09. The molecule has 2 heterocycles. The van der Waals surface area contributed by atoms with Crippen LogP contribution in [0.4, 0.5) is 13.2 Å². The number of nitrogens with zero attached hydrogens (tertiary/aromatic N) is 1. The van der Waals surface area contributed by atoms with Gasteiger partial charge in [-0.3, -0.25) is 4.79 Å². The zero-order valence-electron chi connectivity index (χ0n) is 16.5. The molecule has 4 rings (SSSR count). The average Bonchev–Trinajstić information content (AvgIpc) is 3.04. The summed E-state index contributed by atoms with van der Waals surface area (Å²) in [6.07, 6.45) is -2.85. The van der Waals surface area contributed by atoms with Gasteiger partial charge in [0.15, 0.2) is 0 Å². The Hall–Kier alpha value is -2.06. The molecule has 1 aromatic heterocycles. The van der Waals surface area contributed by atoms with Gasteiger partial charge in [0.2, 0.25) is 5.91 Å². The third kappa shape index (κ3) is 3.42. The molecule has 0 saturated carbocycles. The predicted molar refractivity (Wildman–Crippen MR) is 104 cm³/mol. The van der Waals surface area contributed by atoms with E-state index in [2.05, 4.69) is 15.2 Å². The highest BCUT2D eigenvalue weighted by Gasteiger charge is 2.44. The number of carbonyl (C=O) groups is 1. The maximum atomic E-state index is 13.6. The highest BCUT2D eigenvalue weighted by molar-refractivity contribution is 5.90. The number of fused-ring (bicyclic) bond motifs is 2. The summed E-state index contributed by atoms with van der Waals surface area (Å²) in [5.74, 6) is -0.553. The Labute approximate surface area is 167 Å². The number of piperidine rings is 1. The number of hydrogen-bond donors (Lipinski definition) is 3. The molecule has 29 heavy (non-hydrogen) atoms. The quantitative estimate of drug-likeness (QED) is 0.727. The standard InChI is InChI=1S/C21H26F3N3O2/c1-3-11(10-28)20(29)25-12-7-14-13-5-4-6-16-18(13)15(8-17(14)27(2)9-12)19(26-16)21(22,23)24/h4-6,11-12,14,17,26,28H,3,7-10H2,1-2H3,(H,25,29)/t11?,12?,14?,17-/m1/s1. The van der Waals surface area contributed by atoms with Gasteiger partial charge in [0.1, 0.15) is 5.69 Å². The first-order valence-electron chi connectivity index (χ1n) is 10.1. The molecule has 158 valence electrons. The Kier molecular flexibility index (Phi) is 5.11. The SMILES string of the molecule is CCC(CO)C(=O)NC1CC2c3cccc4[nH]c(C(F)(F)F)c(c34)C[C@H]2N(C)C1. The number of likely N-dealkylation sites (N-methyl/N-ethyl adjacent to an activating group) is 1. The minimum Gasteiger partial charge on any atom is -0.396 e. The molecule has 1 saturated heterocycles. The second-order valence-corrected chi connectivity index (χ2v) is 8.29. The van der Waals surface area contributed by atoms with Gasteiger partial charge in [-0.25, -0.2) is 0 Å². The summed E-state index contributed by atoms with van der Waals surface area (Å²) in [5.41, 5.74) is 1.14. The molecule has 3 N–H and O–H groups in total. The Bertz CT molecular complexity index is 920. The van der Waals surface area contributed by atoms with Gasteiger partial charge in [0.05, 0.1) is 12.5 Å². The van der Waals surface area contributed by atoms with E-state index in [1.807, 2.05) is 20.0 Å². The van der Waals surface area contributed by atoms with E-state index in [9.17, 15) is 23.1 Å². The van der Waals surface area contributed by atoms with Crippen molar-refractivity contribution in [2.75, 3.05) is 20.2 Å². The maximum absolute atomic E-state index is 13.6. The number of likely N-dealkylation sites (tertiary alicyclic amines) is 1. The summed E-state index contributed by atoms with van der Waals surface area (Å²) in [7, 11) is 1.91. The number of aliphatic hydroxyl groups is 1. The molecule has 0 spiro atoms. The third-order valence-corrected chi connectivity index (χ3v) is 6.56. The number of aromatic nitrogens is 1. The first kappa shape index (κ1) is 20.2. The lowest BCUT2D eigenvalue weighted by Crippen LogP contribution is -2.55. The molecule has 5 nitrogen and oxygen atoms in total. The van der Waals surface area contributed by atoms with E-state index in [4.69, 9.17) is 0 Å². The Morgan fingerprint density at radius 3 is 2.83 bits per heavy atom. The van der Waals surface area contributed by atoms with Crippen LogP contribution < -0.4 is 5.32 Å². The van der Waals surface area contributed by atoms with Crippen LogP contribution in [-0.4, -0.2) is 53.2 Å². The zero-order chi connectivity index (χ0) is 20.9. The van der Waals surface area contributed by atoms with E-state index < -0.39 is 17.8 Å². The van der Waals surface area contributed by atoms with Crippen LogP contribution in [0.25, 0.3) is 10.9 Å². The minimum atomic E-state index is -4.42. The van der Waals surface area contributed by atoms with E-state index in [0.29, 0.717) is 42.3 Å². The zero-order valence-corrected chi connectivity index (χ0v) is 16.5. The van der Waals surface area contributed by atoms with Crippen LogP contribution in [0.1, 0.15) is 42.5 Å². The number of carbonyl (C=O) groups excluding carboxylic acids is 1. The summed E-state index contributed by atoms with van der Waals surface area (Å²) in [4.78, 5) is 17.1. The molecule has 1 aromatic carbocycles. The summed E-state index contributed by atoms with van der Waals surface area (Å²) in [6.45, 7) is 2.24. The van der Waals surface area contributed by atoms with Gasteiger partial charge in [-0.2, -0.15) is 13.2 Å². The number of aliphatic hydroxyl groups excluding tert-OH is 1. The fourth-order valence-electron chi connectivity index (χ4n) is 5.09. The van der Waals surface area contributed by atoms with E-state index in [1.165, 1.54) is 0 Å².